The van der Waals surface area contributed by atoms with E-state index in [4.69, 9.17) is 9.47 Å². The lowest BCUT2D eigenvalue weighted by Gasteiger charge is -2.40. The molecule has 0 bridgehead atoms. The summed E-state index contributed by atoms with van der Waals surface area (Å²) in [4.78, 5) is 0. The van der Waals surface area contributed by atoms with Crippen molar-refractivity contribution in [1.29, 1.82) is 0 Å². The largest absolute Gasteiger partial charge is 0.392 e. The summed E-state index contributed by atoms with van der Waals surface area (Å²) >= 11 is 0. The standard InChI is InChI=1S/C19H29F3O2/c20-19(21,22)10-2-1-3-15-4-6-16(7-5-15)17-8-11-18(12-9-17)23-13-14-24-18/h1-2,15-17H,3-14H2/b2-1-. The van der Waals surface area contributed by atoms with Gasteiger partial charge in [-0.05, 0) is 62.7 Å². The lowest BCUT2D eigenvalue weighted by Crippen LogP contribution is -2.37. The topological polar surface area (TPSA) is 18.5 Å². The molecule has 0 unspecified atom stereocenters. The molecule has 0 aromatic heterocycles. The Kier molecular flexibility index (Phi) is 5.91. The quantitative estimate of drug-likeness (QED) is 0.615. The van der Waals surface area contributed by atoms with Crippen LogP contribution in [0.4, 0.5) is 13.2 Å². The molecule has 3 fully saturated rings. The first kappa shape index (κ1) is 18.2. The molecule has 1 spiro atoms. The lowest BCUT2D eigenvalue weighted by atomic mass is 9.69. The van der Waals surface area contributed by atoms with Gasteiger partial charge in [0.1, 0.15) is 0 Å². The Bertz CT molecular complexity index is 409. The minimum absolute atomic E-state index is 0.267. The van der Waals surface area contributed by atoms with Crippen LogP contribution in [0.5, 0.6) is 0 Å². The lowest BCUT2D eigenvalue weighted by molar-refractivity contribution is -0.185. The van der Waals surface area contributed by atoms with Gasteiger partial charge in [0.05, 0.1) is 19.6 Å². The smallest absolute Gasteiger partial charge is 0.348 e. The zero-order chi connectivity index (χ0) is 17.0. The second-order valence-electron chi connectivity index (χ2n) is 7.75. The summed E-state index contributed by atoms with van der Waals surface area (Å²) in [7, 11) is 0. The van der Waals surface area contributed by atoms with Crippen molar-refractivity contribution in [3.8, 4) is 0 Å². The minimum atomic E-state index is -4.07. The van der Waals surface area contributed by atoms with E-state index in [1.165, 1.54) is 31.8 Å². The highest BCUT2D eigenvalue weighted by molar-refractivity contribution is 4.90. The first-order valence-electron chi connectivity index (χ1n) is 9.45. The molecule has 0 N–H and O–H groups in total. The van der Waals surface area contributed by atoms with Gasteiger partial charge in [-0.1, -0.05) is 12.2 Å². The second-order valence-corrected chi connectivity index (χ2v) is 7.75. The fraction of sp³-hybridized carbons (Fsp3) is 0.895. The zero-order valence-corrected chi connectivity index (χ0v) is 14.3. The van der Waals surface area contributed by atoms with Gasteiger partial charge < -0.3 is 9.47 Å². The molecule has 0 radical (unpaired) electrons. The van der Waals surface area contributed by atoms with Crippen LogP contribution < -0.4 is 0 Å². The van der Waals surface area contributed by atoms with Crippen LogP contribution in [0.15, 0.2) is 12.2 Å². The van der Waals surface area contributed by atoms with Gasteiger partial charge in [-0.3, -0.25) is 0 Å². The van der Waals surface area contributed by atoms with Crippen molar-refractivity contribution in [2.45, 2.75) is 76.2 Å². The number of hydrogen-bond donors (Lipinski definition) is 0. The van der Waals surface area contributed by atoms with Crippen LogP contribution >= 0.6 is 0 Å². The van der Waals surface area contributed by atoms with Crippen molar-refractivity contribution in [3.63, 3.8) is 0 Å². The molecule has 1 heterocycles. The molecule has 1 saturated heterocycles. The van der Waals surface area contributed by atoms with Gasteiger partial charge in [-0.15, -0.1) is 0 Å². The van der Waals surface area contributed by atoms with Crippen LogP contribution in [0.3, 0.4) is 0 Å². The van der Waals surface area contributed by atoms with Crippen molar-refractivity contribution >= 4 is 0 Å². The van der Waals surface area contributed by atoms with E-state index < -0.39 is 12.6 Å². The minimum Gasteiger partial charge on any atom is -0.348 e. The van der Waals surface area contributed by atoms with E-state index in [0.29, 0.717) is 5.92 Å². The summed E-state index contributed by atoms with van der Waals surface area (Å²) < 4.78 is 48.0. The maximum atomic E-state index is 12.1. The fourth-order valence-electron chi connectivity index (χ4n) is 4.74. The Labute approximate surface area is 142 Å². The number of alkyl halides is 3. The van der Waals surface area contributed by atoms with Crippen molar-refractivity contribution in [1.82, 2.24) is 0 Å². The molecule has 3 aliphatic rings. The Morgan fingerprint density at radius 3 is 2.00 bits per heavy atom. The maximum Gasteiger partial charge on any atom is 0.392 e. The number of ether oxygens (including phenoxy) is 2. The summed E-state index contributed by atoms with van der Waals surface area (Å²) in [6.45, 7) is 1.47. The van der Waals surface area contributed by atoms with Crippen molar-refractivity contribution in [3.05, 3.63) is 12.2 Å². The van der Waals surface area contributed by atoms with Gasteiger partial charge in [-0.2, -0.15) is 13.2 Å². The molecule has 5 heteroatoms. The number of allylic oxidation sites excluding steroid dienone is 2. The molecule has 3 rings (SSSR count). The van der Waals surface area contributed by atoms with Crippen LogP contribution in [0.2, 0.25) is 0 Å². The molecule has 24 heavy (non-hydrogen) atoms. The Morgan fingerprint density at radius 1 is 0.833 bits per heavy atom. The van der Waals surface area contributed by atoms with E-state index in [0.717, 1.165) is 57.2 Å². The second kappa shape index (κ2) is 7.77. The van der Waals surface area contributed by atoms with Crippen LogP contribution in [-0.2, 0) is 9.47 Å². The van der Waals surface area contributed by atoms with Crippen LogP contribution in [0.25, 0.3) is 0 Å². The monoisotopic (exact) mass is 346 g/mol. The molecule has 0 atom stereocenters. The van der Waals surface area contributed by atoms with E-state index >= 15 is 0 Å². The summed E-state index contributed by atoms with van der Waals surface area (Å²) in [6.07, 6.45) is 8.19. The fourth-order valence-corrected chi connectivity index (χ4v) is 4.74. The van der Waals surface area contributed by atoms with Crippen LogP contribution in [0.1, 0.15) is 64.2 Å². The first-order valence-corrected chi connectivity index (χ1v) is 9.45. The van der Waals surface area contributed by atoms with Gasteiger partial charge in [0, 0.05) is 12.8 Å². The predicted octanol–water partition coefficient (Wildman–Crippen LogP) is 5.62. The molecular formula is C19H29F3O2. The van der Waals surface area contributed by atoms with E-state index in [9.17, 15) is 13.2 Å². The maximum absolute atomic E-state index is 12.1. The predicted molar refractivity (Wildman–Crippen MR) is 86.5 cm³/mol. The molecule has 2 saturated carbocycles. The summed E-state index contributed by atoms with van der Waals surface area (Å²) in [5.41, 5.74) is 0. The average Bonchev–Trinajstić information content (AvgIpc) is 3.00. The van der Waals surface area contributed by atoms with Crippen LogP contribution in [0, 0.1) is 17.8 Å². The first-order chi connectivity index (χ1) is 11.5. The molecule has 0 aromatic rings. The summed E-state index contributed by atoms with van der Waals surface area (Å²) in [5.74, 6) is 1.88. The van der Waals surface area contributed by atoms with Crippen LogP contribution in [-0.4, -0.2) is 25.2 Å². The Morgan fingerprint density at radius 2 is 1.42 bits per heavy atom. The van der Waals surface area contributed by atoms with Gasteiger partial charge >= 0.3 is 6.18 Å². The Hall–Kier alpha value is -0.550. The highest BCUT2D eigenvalue weighted by Gasteiger charge is 2.42. The van der Waals surface area contributed by atoms with Gasteiger partial charge in [-0.25, -0.2) is 0 Å². The Balaban J connectivity index is 1.35. The van der Waals surface area contributed by atoms with Gasteiger partial charge in [0.25, 0.3) is 0 Å². The molecule has 2 nitrogen and oxygen atoms in total. The summed E-state index contributed by atoms with van der Waals surface area (Å²) in [6, 6.07) is 0. The number of rotatable bonds is 4. The van der Waals surface area contributed by atoms with E-state index in [1.807, 2.05) is 0 Å². The SMILES string of the molecule is FC(F)(F)C/C=C\CC1CCC(C2CCC3(CC2)OCCO3)CC1. The third-order valence-corrected chi connectivity index (χ3v) is 6.15. The van der Waals surface area contributed by atoms with E-state index in [2.05, 4.69) is 0 Å². The molecule has 2 aliphatic carbocycles. The third-order valence-electron chi connectivity index (χ3n) is 6.15. The van der Waals surface area contributed by atoms with Crippen molar-refractivity contribution < 1.29 is 22.6 Å². The molecule has 138 valence electrons. The van der Waals surface area contributed by atoms with Gasteiger partial charge in [0.2, 0.25) is 0 Å². The molecular weight excluding hydrogens is 317 g/mol. The highest BCUT2D eigenvalue weighted by Crippen LogP contribution is 2.45. The third kappa shape index (κ3) is 4.98. The number of hydrogen-bond acceptors (Lipinski definition) is 2. The van der Waals surface area contributed by atoms with E-state index in [1.54, 1.807) is 6.08 Å². The summed E-state index contributed by atoms with van der Waals surface area (Å²) in [5, 5.41) is 0. The molecule has 0 aromatic carbocycles. The zero-order valence-electron chi connectivity index (χ0n) is 14.3. The normalized spacial score (nSPS) is 32.0. The number of halogens is 3. The molecule has 1 aliphatic heterocycles. The molecule has 0 amide bonds. The van der Waals surface area contributed by atoms with E-state index in [-0.39, 0.29) is 5.79 Å². The highest BCUT2D eigenvalue weighted by atomic mass is 19.4. The average molecular weight is 346 g/mol. The van der Waals surface area contributed by atoms with Crippen molar-refractivity contribution in [2.24, 2.45) is 17.8 Å². The van der Waals surface area contributed by atoms with Gasteiger partial charge in [0.15, 0.2) is 5.79 Å². The van der Waals surface area contributed by atoms with Crippen molar-refractivity contribution in [2.75, 3.05) is 13.2 Å².